The van der Waals surface area contributed by atoms with Crippen molar-refractivity contribution in [3.05, 3.63) is 18.2 Å². The van der Waals surface area contributed by atoms with Gasteiger partial charge in [-0.05, 0) is 106 Å². The second kappa shape index (κ2) is 7.99. The highest BCUT2D eigenvalue weighted by Crippen LogP contribution is 2.66. The monoisotopic (exact) mass is 483 g/mol. The molecule has 0 radical (unpaired) electrons. The molecule has 0 spiro atoms. The van der Waals surface area contributed by atoms with Crippen molar-refractivity contribution in [2.24, 2.45) is 35.0 Å². The molecule has 1 N–H and O–H groups in total. The largest absolute Gasteiger partial charge is 0.497 e. The number of alkyl halides is 1. The number of halogens is 1. The first-order chi connectivity index (χ1) is 16.6. The van der Waals surface area contributed by atoms with Gasteiger partial charge >= 0.3 is 0 Å². The Morgan fingerprint density at radius 3 is 2.77 bits per heavy atom. The number of aromatic nitrogens is 3. The second-order valence-corrected chi connectivity index (χ2v) is 12.5. The van der Waals surface area contributed by atoms with Crippen LogP contribution in [0.1, 0.15) is 71.6 Å². The molecule has 6 nitrogen and oxygen atoms in total. The van der Waals surface area contributed by atoms with Crippen molar-refractivity contribution in [3.63, 3.8) is 0 Å². The number of methoxy groups -OCH3 is 1. The van der Waals surface area contributed by atoms with Crippen molar-refractivity contribution in [2.45, 2.75) is 89.4 Å². The van der Waals surface area contributed by atoms with Crippen LogP contribution < -0.4 is 4.74 Å². The zero-order valence-corrected chi connectivity index (χ0v) is 21.2. The third-order valence-corrected chi connectivity index (χ3v) is 10.7. The number of ether oxygens (including phenoxy) is 1. The summed E-state index contributed by atoms with van der Waals surface area (Å²) in [5.74, 6) is 1.77. The standard InChI is InChI=1S/C28H38FN3O3/c1-26(34)12-13-28(29)17(15-26)4-6-19-20-7-8-22(27(20,2)11-10-21(19)28)25(33)16-32-24-9-5-18(35-3)14-23(24)30-31-32/h5,9,14,17,19-22,34H,4,6-8,10-13,15-16H2,1-3H3/t17-,19+,20+,21+,22-,26-,27+,28-/m1/s1. The minimum Gasteiger partial charge on any atom is -0.497 e. The number of ketones is 1. The number of rotatable bonds is 4. The number of nitrogens with zero attached hydrogens (tertiary/aromatic N) is 3. The van der Waals surface area contributed by atoms with E-state index in [-0.39, 0.29) is 35.5 Å². The molecular weight excluding hydrogens is 445 g/mol. The van der Waals surface area contributed by atoms with Crippen molar-refractivity contribution < 1.29 is 19.0 Å². The summed E-state index contributed by atoms with van der Waals surface area (Å²) in [6.45, 7) is 4.41. The highest BCUT2D eigenvalue weighted by Gasteiger charge is 2.63. The van der Waals surface area contributed by atoms with Gasteiger partial charge in [-0.2, -0.15) is 0 Å². The lowest BCUT2D eigenvalue weighted by Crippen LogP contribution is -2.58. The summed E-state index contributed by atoms with van der Waals surface area (Å²) in [4.78, 5) is 13.6. The van der Waals surface area contributed by atoms with Gasteiger partial charge in [0.2, 0.25) is 0 Å². The van der Waals surface area contributed by atoms with Crippen molar-refractivity contribution >= 4 is 16.8 Å². The lowest BCUT2D eigenvalue weighted by molar-refractivity contribution is -0.165. The number of Topliss-reactive ketones (excluding diaryl/α,β-unsaturated/α-hetero) is 1. The molecule has 0 amide bonds. The molecule has 190 valence electrons. The maximum atomic E-state index is 16.6. The van der Waals surface area contributed by atoms with E-state index in [4.69, 9.17) is 4.74 Å². The Bertz CT molecular complexity index is 1150. The predicted octanol–water partition coefficient (Wildman–Crippen LogP) is 5.12. The molecule has 35 heavy (non-hydrogen) atoms. The van der Waals surface area contributed by atoms with Crippen LogP contribution in [-0.2, 0) is 11.3 Å². The molecule has 2 aromatic rings. The van der Waals surface area contributed by atoms with Crippen LogP contribution in [0.15, 0.2) is 18.2 Å². The molecule has 4 aliphatic carbocycles. The van der Waals surface area contributed by atoms with Crippen LogP contribution in [0.4, 0.5) is 4.39 Å². The van der Waals surface area contributed by atoms with Gasteiger partial charge in [0.05, 0.1) is 18.2 Å². The van der Waals surface area contributed by atoms with Gasteiger partial charge in [-0.15, -0.1) is 5.10 Å². The fourth-order valence-corrected chi connectivity index (χ4v) is 8.96. The fraction of sp³-hybridized carbons (Fsp3) is 0.750. The Labute approximate surface area is 206 Å². The maximum Gasteiger partial charge on any atom is 0.157 e. The normalized spacial score (nSPS) is 42.8. The van der Waals surface area contributed by atoms with E-state index in [9.17, 15) is 9.90 Å². The molecule has 0 unspecified atom stereocenters. The lowest BCUT2D eigenvalue weighted by Gasteiger charge is -2.59. The molecule has 1 aromatic heterocycles. The van der Waals surface area contributed by atoms with E-state index < -0.39 is 11.3 Å². The first kappa shape index (κ1) is 23.4. The average molecular weight is 484 g/mol. The molecule has 1 aromatic carbocycles. The van der Waals surface area contributed by atoms with Crippen molar-refractivity contribution in [2.75, 3.05) is 7.11 Å². The predicted molar refractivity (Wildman–Crippen MR) is 131 cm³/mol. The summed E-state index contributed by atoms with van der Waals surface area (Å²) in [6.07, 6.45) is 7.23. The molecule has 1 heterocycles. The number of benzene rings is 1. The molecule has 6 rings (SSSR count). The molecule has 8 atom stereocenters. The number of hydrogen-bond acceptors (Lipinski definition) is 5. The fourth-order valence-electron chi connectivity index (χ4n) is 8.96. The lowest BCUT2D eigenvalue weighted by atomic mass is 9.48. The van der Waals surface area contributed by atoms with E-state index in [0.29, 0.717) is 31.1 Å². The number of carbonyl (C=O) groups excluding carboxylic acids is 1. The zero-order chi connectivity index (χ0) is 24.6. The molecule has 0 saturated heterocycles. The molecule has 4 saturated carbocycles. The molecule has 0 aliphatic heterocycles. The van der Waals surface area contributed by atoms with Crippen LogP contribution in [0.5, 0.6) is 5.75 Å². The Kier molecular flexibility index (Phi) is 5.34. The topological polar surface area (TPSA) is 77.2 Å². The molecular formula is C28H38FN3O3. The quantitative estimate of drug-likeness (QED) is 0.653. The second-order valence-electron chi connectivity index (χ2n) is 12.5. The van der Waals surface area contributed by atoms with Gasteiger partial charge in [0.1, 0.15) is 23.5 Å². The Morgan fingerprint density at radius 1 is 1.14 bits per heavy atom. The minimum atomic E-state index is -1.14. The summed E-state index contributed by atoms with van der Waals surface area (Å²) in [7, 11) is 1.62. The van der Waals surface area contributed by atoms with Crippen LogP contribution in [-0.4, -0.2) is 44.3 Å². The molecule has 0 bridgehead atoms. The van der Waals surface area contributed by atoms with Gasteiger partial charge in [0.25, 0.3) is 0 Å². The van der Waals surface area contributed by atoms with Gasteiger partial charge < -0.3 is 9.84 Å². The SMILES string of the molecule is COc1ccc2c(c1)nnn2CC(=O)[C@H]1CC[C@H]2[C@@H]3CC[C@@H]4C[C@](C)(O)CC[C@]4(F)[C@H]3CC[C@]12C. The summed E-state index contributed by atoms with van der Waals surface area (Å²) >= 11 is 0. The third kappa shape index (κ3) is 3.55. The number of carbonyl (C=O) groups is 1. The maximum absolute atomic E-state index is 16.6. The number of aliphatic hydroxyl groups is 1. The first-order valence-corrected chi connectivity index (χ1v) is 13.5. The van der Waals surface area contributed by atoms with E-state index in [0.717, 1.165) is 55.3 Å². The smallest absolute Gasteiger partial charge is 0.157 e. The summed E-state index contributed by atoms with van der Waals surface area (Å²) in [5.41, 5.74) is -0.369. The van der Waals surface area contributed by atoms with Gasteiger partial charge in [0, 0.05) is 12.0 Å². The van der Waals surface area contributed by atoms with E-state index in [1.54, 1.807) is 11.8 Å². The van der Waals surface area contributed by atoms with Gasteiger partial charge in [0.15, 0.2) is 5.78 Å². The highest BCUT2D eigenvalue weighted by atomic mass is 19.1. The van der Waals surface area contributed by atoms with Crippen LogP contribution in [0, 0.1) is 35.0 Å². The first-order valence-electron chi connectivity index (χ1n) is 13.5. The average Bonchev–Trinajstić information content (AvgIpc) is 3.39. The number of hydrogen-bond donors (Lipinski definition) is 1. The van der Waals surface area contributed by atoms with E-state index >= 15 is 4.39 Å². The minimum absolute atomic E-state index is 0.00803. The van der Waals surface area contributed by atoms with E-state index in [2.05, 4.69) is 17.2 Å². The van der Waals surface area contributed by atoms with Crippen LogP contribution in [0.25, 0.3) is 11.0 Å². The zero-order valence-electron chi connectivity index (χ0n) is 21.2. The number of fused-ring (bicyclic) bond motifs is 6. The van der Waals surface area contributed by atoms with Gasteiger partial charge in [-0.3, -0.25) is 4.79 Å². The van der Waals surface area contributed by atoms with Crippen LogP contribution >= 0.6 is 0 Å². The molecule has 4 aliphatic rings. The summed E-state index contributed by atoms with van der Waals surface area (Å²) in [6, 6.07) is 5.62. The van der Waals surface area contributed by atoms with Crippen LogP contribution in [0.3, 0.4) is 0 Å². The Balaban J connectivity index is 1.21. The highest BCUT2D eigenvalue weighted by molar-refractivity contribution is 5.84. The van der Waals surface area contributed by atoms with Crippen molar-refractivity contribution in [3.8, 4) is 5.75 Å². The Morgan fingerprint density at radius 2 is 1.97 bits per heavy atom. The summed E-state index contributed by atoms with van der Waals surface area (Å²) in [5, 5.41) is 19.1. The molecule has 4 fully saturated rings. The van der Waals surface area contributed by atoms with E-state index in [1.807, 2.05) is 25.1 Å². The summed E-state index contributed by atoms with van der Waals surface area (Å²) < 4.78 is 23.6. The van der Waals surface area contributed by atoms with Gasteiger partial charge in [-0.25, -0.2) is 9.07 Å². The van der Waals surface area contributed by atoms with Gasteiger partial charge in [-0.1, -0.05) is 12.1 Å². The Hall–Kier alpha value is -2.02. The molecule has 7 heteroatoms. The van der Waals surface area contributed by atoms with Crippen molar-refractivity contribution in [1.82, 2.24) is 15.0 Å². The van der Waals surface area contributed by atoms with Crippen molar-refractivity contribution in [1.29, 1.82) is 0 Å². The van der Waals surface area contributed by atoms with E-state index in [1.165, 1.54) is 0 Å². The third-order valence-electron chi connectivity index (χ3n) is 10.7. The van der Waals surface area contributed by atoms with Crippen LogP contribution in [0.2, 0.25) is 0 Å².